The largest absolute Gasteiger partial charge is 0.495 e. The van der Waals surface area contributed by atoms with Crippen molar-refractivity contribution in [1.82, 2.24) is 10.2 Å². The standard InChI is InChI=1S/C26H37N3O5S/c1-8-22(26(31)27-18(2)3)28(16-21-11-9-10-19(4)14-21)25(30)17-29(35(7,32)33)23-15-20(5)12-13-24(23)34-6/h9-15,18,22H,8,16-17H2,1-7H3,(H,27,31)/t22-/m1/s1. The van der Waals surface area contributed by atoms with E-state index in [2.05, 4.69) is 5.32 Å². The highest BCUT2D eigenvalue weighted by molar-refractivity contribution is 7.92. The zero-order valence-corrected chi connectivity index (χ0v) is 22.5. The number of ether oxygens (including phenoxy) is 1. The molecule has 2 aromatic carbocycles. The lowest BCUT2D eigenvalue weighted by atomic mass is 10.1. The average molecular weight is 504 g/mol. The van der Waals surface area contributed by atoms with E-state index in [4.69, 9.17) is 4.74 Å². The first-order valence-corrected chi connectivity index (χ1v) is 13.5. The van der Waals surface area contributed by atoms with Crippen LogP contribution in [0.25, 0.3) is 0 Å². The summed E-state index contributed by atoms with van der Waals surface area (Å²) in [6, 6.07) is 12.0. The van der Waals surface area contributed by atoms with Crippen LogP contribution >= 0.6 is 0 Å². The van der Waals surface area contributed by atoms with E-state index in [9.17, 15) is 18.0 Å². The Labute approximate surface area is 209 Å². The quantitative estimate of drug-likeness (QED) is 0.507. The maximum absolute atomic E-state index is 13.7. The van der Waals surface area contributed by atoms with Gasteiger partial charge in [-0.15, -0.1) is 0 Å². The highest BCUT2D eigenvalue weighted by Crippen LogP contribution is 2.31. The van der Waals surface area contributed by atoms with Crippen molar-refractivity contribution in [2.45, 2.75) is 59.7 Å². The molecule has 0 fully saturated rings. The van der Waals surface area contributed by atoms with Crippen LogP contribution < -0.4 is 14.4 Å². The first-order valence-electron chi connectivity index (χ1n) is 11.6. The second-order valence-electron chi connectivity index (χ2n) is 9.04. The molecule has 0 aromatic heterocycles. The van der Waals surface area contributed by atoms with Gasteiger partial charge in [-0.3, -0.25) is 13.9 Å². The Morgan fingerprint density at radius 1 is 1.06 bits per heavy atom. The minimum Gasteiger partial charge on any atom is -0.495 e. The second kappa shape index (κ2) is 12.1. The van der Waals surface area contributed by atoms with Gasteiger partial charge >= 0.3 is 0 Å². The molecule has 0 spiro atoms. The van der Waals surface area contributed by atoms with E-state index < -0.39 is 28.5 Å². The number of carbonyl (C=O) groups is 2. The van der Waals surface area contributed by atoms with E-state index in [0.717, 1.165) is 27.3 Å². The molecule has 9 heteroatoms. The topological polar surface area (TPSA) is 96.0 Å². The van der Waals surface area contributed by atoms with Crippen molar-refractivity contribution in [3.8, 4) is 5.75 Å². The molecule has 2 rings (SSSR count). The summed E-state index contributed by atoms with van der Waals surface area (Å²) in [5.41, 5.74) is 2.98. The highest BCUT2D eigenvalue weighted by Gasteiger charge is 2.32. The van der Waals surface area contributed by atoms with Crippen molar-refractivity contribution in [2.24, 2.45) is 0 Å². The SMILES string of the molecule is CC[C@H](C(=O)NC(C)C)N(Cc1cccc(C)c1)C(=O)CN(c1cc(C)ccc1OC)S(C)(=O)=O. The van der Waals surface area contributed by atoms with Crippen molar-refractivity contribution in [1.29, 1.82) is 0 Å². The van der Waals surface area contributed by atoms with Crippen LogP contribution in [0.2, 0.25) is 0 Å². The number of amides is 2. The lowest BCUT2D eigenvalue weighted by molar-refractivity contribution is -0.140. The smallest absolute Gasteiger partial charge is 0.244 e. The average Bonchev–Trinajstić information content (AvgIpc) is 2.76. The number of hydrogen-bond acceptors (Lipinski definition) is 5. The number of aryl methyl sites for hydroxylation is 2. The molecular formula is C26H37N3O5S. The number of benzene rings is 2. The molecule has 8 nitrogen and oxygen atoms in total. The number of anilines is 1. The zero-order chi connectivity index (χ0) is 26.3. The molecule has 0 unspecified atom stereocenters. The summed E-state index contributed by atoms with van der Waals surface area (Å²) in [6.07, 6.45) is 1.43. The van der Waals surface area contributed by atoms with Crippen molar-refractivity contribution in [3.63, 3.8) is 0 Å². The number of methoxy groups -OCH3 is 1. The van der Waals surface area contributed by atoms with E-state index in [0.29, 0.717) is 12.2 Å². The predicted octanol–water partition coefficient (Wildman–Crippen LogP) is 3.41. The van der Waals surface area contributed by atoms with Crippen LogP contribution in [0.4, 0.5) is 5.69 Å². The van der Waals surface area contributed by atoms with E-state index >= 15 is 0 Å². The second-order valence-corrected chi connectivity index (χ2v) is 10.9. The third-order valence-electron chi connectivity index (χ3n) is 5.53. The van der Waals surface area contributed by atoms with Crippen LogP contribution in [-0.2, 0) is 26.2 Å². The third-order valence-corrected chi connectivity index (χ3v) is 6.66. The Balaban J connectivity index is 2.52. The Morgan fingerprint density at radius 2 is 1.71 bits per heavy atom. The van der Waals surface area contributed by atoms with Gasteiger partial charge in [-0.05, 0) is 57.4 Å². The molecule has 0 aliphatic rings. The molecule has 2 aromatic rings. The van der Waals surface area contributed by atoms with Gasteiger partial charge in [-0.25, -0.2) is 8.42 Å². The Kier molecular flexibility index (Phi) is 9.71. The maximum atomic E-state index is 13.7. The van der Waals surface area contributed by atoms with E-state index in [-0.39, 0.29) is 24.2 Å². The fourth-order valence-electron chi connectivity index (χ4n) is 3.90. The number of carbonyl (C=O) groups excluding carboxylic acids is 2. The molecule has 0 radical (unpaired) electrons. The molecule has 1 N–H and O–H groups in total. The molecule has 0 aliphatic carbocycles. The lowest BCUT2D eigenvalue weighted by Crippen LogP contribution is -2.53. The number of sulfonamides is 1. The van der Waals surface area contributed by atoms with Gasteiger partial charge in [0.05, 0.1) is 19.1 Å². The molecule has 0 saturated heterocycles. The first kappa shape index (κ1) is 28.2. The summed E-state index contributed by atoms with van der Waals surface area (Å²) in [7, 11) is -2.39. The Morgan fingerprint density at radius 3 is 2.26 bits per heavy atom. The summed E-state index contributed by atoms with van der Waals surface area (Å²) in [6.45, 7) is 9.04. The maximum Gasteiger partial charge on any atom is 0.244 e. The van der Waals surface area contributed by atoms with Crippen LogP contribution in [0.5, 0.6) is 5.75 Å². The first-order chi connectivity index (χ1) is 16.4. The van der Waals surface area contributed by atoms with Gasteiger partial charge in [0.2, 0.25) is 21.8 Å². The van der Waals surface area contributed by atoms with Crippen LogP contribution in [-0.4, -0.2) is 57.1 Å². The Bertz CT molecular complexity index is 1150. The summed E-state index contributed by atoms with van der Waals surface area (Å²) >= 11 is 0. The molecule has 0 aliphatic heterocycles. The molecule has 0 heterocycles. The van der Waals surface area contributed by atoms with Gasteiger partial charge in [0, 0.05) is 12.6 Å². The molecule has 35 heavy (non-hydrogen) atoms. The van der Waals surface area contributed by atoms with Crippen molar-refractivity contribution < 1.29 is 22.7 Å². The summed E-state index contributed by atoms with van der Waals surface area (Å²) < 4.78 is 32.0. The summed E-state index contributed by atoms with van der Waals surface area (Å²) in [5, 5.41) is 2.88. The monoisotopic (exact) mass is 503 g/mol. The molecule has 1 atom stereocenters. The minimum absolute atomic E-state index is 0.100. The van der Waals surface area contributed by atoms with Crippen molar-refractivity contribution >= 4 is 27.5 Å². The third kappa shape index (κ3) is 7.71. The summed E-state index contributed by atoms with van der Waals surface area (Å²) in [4.78, 5) is 28.2. The minimum atomic E-state index is -3.84. The Hall–Kier alpha value is -3.07. The highest BCUT2D eigenvalue weighted by atomic mass is 32.2. The zero-order valence-electron chi connectivity index (χ0n) is 21.7. The summed E-state index contributed by atoms with van der Waals surface area (Å²) in [5.74, 6) is -0.419. The van der Waals surface area contributed by atoms with E-state index in [1.54, 1.807) is 18.2 Å². The normalized spacial score (nSPS) is 12.2. The number of hydrogen-bond donors (Lipinski definition) is 1. The molecular weight excluding hydrogens is 466 g/mol. The fraction of sp³-hybridized carbons (Fsp3) is 0.462. The van der Waals surface area contributed by atoms with Crippen molar-refractivity contribution in [3.05, 3.63) is 59.2 Å². The van der Waals surface area contributed by atoms with E-state index in [1.165, 1.54) is 12.0 Å². The van der Waals surface area contributed by atoms with Crippen molar-refractivity contribution in [2.75, 3.05) is 24.2 Å². The molecule has 2 amide bonds. The van der Waals surface area contributed by atoms with Gasteiger partial charge in [-0.1, -0.05) is 42.8 Å². The van der Waals surface area contributed by atoms with Gasteiger partial charge in [0.15, 0.2) is 0 Å². The van der Waals surface area contributed by atoms with Crippen LogP contribution in [0.1, 0.15) is 43.9 Å². The molecule has 0 bridgehead atoms. The van der Waals surface area contributed by atoms with Gasteiger partial charge in [0.1, 0.15) is 18.3 Å². The van der Waals surface area contributed by atoms with Crippen LogP contribution in [0, 0.1) is 13.8 Å². The number of nitrogens with one attached hydrogen (secondary N) is 1. The molecule has 0 saturated carbocycles. The van der Waals surface area contributed by atoms with Gasteiger partial charge < -0.3 is 15.0 Å². The lowest BCUT2D eigenvalue weighted by Gasteiger charge is -2.33. The number of nitrogens with zero attached hydrogens (tertiary/aromatic N) is 2. The number of rotatable bonds is 11. The van der Waals surface area contributed by atoms with E-state index in [1.807, 2.05) is 58.9 Å². The van der Waals surface area contributed by atoms with Crippen LogP contribution in [0.3, 0.4) is 0 Å². The van der Waals surface area contributed by atoms with Crippen LogP contribution in [0.15, 0.2) is 42.5 Å². The van der Waals surface area contributed by atoms with Gasteiger partial charge in [-0.2, -0.15) is 0 Å². The molecule has 192 valence electrons. The fourth-order valence-corrected chi connectivity index (χ4v) is 4.74. The predicted molar refractivity (Wildman–Crippen MR) is 139 cm³/mol. The van der Waals surface area contributed by atoms with Gasteiger partial charge in [0.25, 0.3) is 0 Å².